The number of aliphatic hydroxyl groups excluding tert-OH is 1. The van der Waals surface area contributed by atoms with Gasteiger partial charge in [-0.05, 0) is 31.0 Å². The van der Waals surface area contributed by atoms with E-state index in [9.17, 15) is 5.11 Å². The number of nitrogens with zero attached hydrogens (tertiary/aromatic N) is 2. The van der Waals surface area contributed by atoms with Crippen LogP contribution in [0.5, 0.6) is 0 Å². The third-order valence-electron chi connectivity index (χ3n) is 4.70. The summed E-state index contributed by atoms with van der Waals surface area (Å²) < 4.78 is 5.39. The summed E-state index contributed by atoms with van der Waals surface area (Å²) in [7, 11) is 0. The number of hydrogen-bond acceptors (Lipinski definition) is 3. The molecule has 2 aromatic rings. The van der Waals surface area contributed by atoms with Gasteiger partial charge in [-0.3, -0.25) is 0 Å². The number of rotatable bonds is 6. The van der Waals surface area contributed by atoms with Crippen molar-refractivity contribution in [3.8, 4) is 0 Å². The highest BCUT2D eigenvalue weighted by Crippen LogP contribution is 2.19. The van der Waals surface area contributed by atoms with Crippen molar-refractivity contribution < 1.29 is 9.52 Å². The van der Waals surface area contributed by atoms with Crippen molar-refractivity contribution in [1.29, 1.82) is 0 Å². The van der Waals surface area contributed by atoms with Crippen LogP contribution >= 0.6 is 0 Å². The van der Waals surface area contributed by atoms with E-state index in [0.29, 0.717) is 12.5 Å². The quantitative estimate of drug-likeness (QED) is 0.626. The predicted molar refractivity (Wildman–Crippen MR) is 99.4 cm³/mol. The number of aliphatic imine (C=N–C) groups is 1. The van der Waals surface area contributed by atoms with Gasteiger partial charge in [0.05, 0.1) is 18.9 Å². The van der Waals surface area contributed by atoms with Crippen molar-refractivity contribution in [3.05, 3.63) is 60.1 Å². The summed E-state index contributed by atoms with van der Waals surface area (Å²) in [5.74, 6) is 2.20. The molecule has 0 amide bonds. The molecule has 0 spiro atoms. The Morgan fingerprint density at radius 3 is 2.84 bits per heavy atom. The van der Waals surface area contributed by atoms with Crippen molar-refractivity contribution in [1.82, 2.24) is 10.2 Å². The zero-order valence-corrected chi connectivity index (χ0v) is 14.8. The second kappa shape index (κ2) is 8.72. The Morgan fingerprint density at radius 1 is 1.32 bits per heavy atom. The first-order chi connectivity index (χ1) is 12.2. The molecule has 25 heavy (non-hydrogen) atoms. The second-order valence-corrected chi connectivity index (χ2v) is 6.62. The van der Waals surface area contributed by atoms with Gasteiger partial charge in [-0.2, -0.15) is 0 Å². The molecule has 5 nitrogen and oxygen atoms in total. The smallest absolute Gasteiger partial charge is 0.194 e. The minimum absolute atomic E-state index is 0.275. The zero-order chi connectivity index (χ0) is 17.5. The molecule has 1 saturated heterocycles. The van der Waals surface area contributed by atoms with Crippen molar-refractivity contribution >= 4 is 5.96 Å². The average Bonchev–Trinajstić information content (AvgIpc) is 3.30. The van der Waals surface area contributed by atoms with Crippen molar-refractivity contribution in [2.45, 2.75) is 32.4 Å². The summed E-state index contributed by atoms with van der Waals surface area (Å²) in [6, 6.07) is 14.2. The summed E-state index contributed by atoms with van der Waals surface area (Å²) in [6.45, 7) is 5.08. The Labute approximate surface area is 149 Å². The number of hydrogen-bond donors (Lipinski definition) is 2. The lowest BCUT2D eigenvalue weighted by molar-refractivity contribution is 0.132. The molecular weight excluding hydrogens is 314 g/mol. The Hall–Kier alpha value is -2.27. The van der Waals surface area contributed by atoms with E-state index in [1.54, 1.807) is 6.26 Å². The maximum absolute atomic E-state index is 9.86. The number of benzene rings is 1. The minimum Gasteiger partial charge on any atom is -0.469 e. The molecule has 1 fully saturated rings. The molecule has 2 N–H and O–H groups in total. The molecular formula is C20H27N3O2. The van der Waals surface area contributed by atoms with Crippen molar-refractivity contribution in [3.63, 3.8) is 0 Å². The number of likely N-dealkylation sites (tertiary alicyclic amines) is 1. The average molecular weight is 341 g/mol. The van der Waals surface area contributed by atoms with Crippen LogP contribution in [0.1, 0.15) is 24.7 Å². The molecule has 1 aromatic carbocycles. The summed E-state index contributed by atoms with van der Waals surface area (Å²) in [5, 5.41) is 13.3. The van der Waals surface area contributed by atoms with Crippen LogP contribution < -0.4 is 5.32 Å². The predicted octanol–water partition coefficient (Wildman–Crippen LogP) is 2.67. The molecule has 134 valence electrons. The maximum atomic E-state index is 9.86. The monoisotopic (exact) mass is 341 g/mol. The highest BCUT2D eigenvalue weighted by Gasteiger charge is 2.27. The standard InChI is InChI=1S/C20H27N3O2/c1-16(24)18-10-12-23(15-18)20(21-11-9-19-8-5-13-25-19)22-14-17-6-3-2-4-7-17/h2-8,13,16,18,24H,9-12,14-15H2,1H3,(H,21,22). The van der Waals surface area contributed by atoms with Gasteiger partial charge in [-0.25, -0.2) is 4.99 Å². The minimum atomic E-state index is -0.275. The van der Waals surface area contributed by atoms with E-state index >= 15 is 0 Å². The molecule has 2 unspecified atom stereocenters. The van der Waals surface area contributed by atoms with Crippen molar-refractivity contribution in [2.75, 3.05) is 19.6 Å². The van der Waals surface area contributed by atoms with Gasteiger partial charge in [0, 0.05) is 32.0 Å². The lowest BCUT2D eigenvalue weighted by Crippen LogP contribution is -2.41. The highest BCUT2D eigenvalue weighted by molar-refractivity contribution is 5.80. The lowest BCUT2D eigenvalue weighted by atomic mass is 10.0. The summed E-state index contributed by atoms with van der Waals surface area (Å²) >= 11 is 0. The maximum Gasteiger partial charge on any atom is 0.194 e. The molecule has 3 rings (SSSR count). The van der Waals surface area contributed by atoms with Gasteiger partial charge in [-0.1, -0.05) is 30.3 Å². The van der Waals surface area contributed by atoms with Gasteiger partial charge in [0.2, 0.25) is 0 Å². The van der Waals surface area contributed by atoms with Gasteiger partial charge in [-0.15, -0.1) is 0 Å². The fraction of sp³-hybridized carbons (Fsp3) is 0.450. The van der Waals surface area contributed by atoms with E-state index in [2.05, 4.69) is 22.3 Å². The molecule has 2 heterocycles. The van der Waals surface area contributed by atoms with Gasteiger partial charge in [0.25, 0.3) is 0 Å². The molecule has 0 bridgehead atoms. The first-order valence-electron chi connectivity index (χ1n) is 9.00. The third-order valence-corrected chi connectivity index (χ3v) is 4.70. The SMILES string of the molecule is CC(O)C1CCN(C(=NCc2ccccc2)NCCc2ccco2)C1. The van der Waals surface area contributed by atoms with E-state index < -0.39 is 0 Å². The van der Waals surface area contributed by atoms with Crippen LogP contribution in [0, 0.1) is 5.92 Å². The molecule has 1 aromatic heterocycles. The van der Waals surface area contributed by atoms with E-state index in [-0.39, 0.29) is 6.10 Å². The molecule has 1 aliphatic rings. The van der Waals surface area contributed by atoms with Gasteiger partial charge >= 0.3 is 0 Å². The van der Waals surface area contributed by atoms with Gasteiger partial charge < -0.3 is 19.7 Å². The number of aliphatic hydroxyl groups is 1. The third kappa shape index (κ3) is 5.10. The van der Waals surface area contributed by atoms with E-state index in [0.717, 1.165) is 44.2 Å². The molecule has 5 heteroatoms. The summed E-state index contributed by atoms with van der Waals surface area (Å²) in [6.07, 6.45) is 3.25. The number of guanidine groups is 1. The Balaban J connectivity index is 1.62. The van der Waals surface area contributed by atoms with E-state index in [4.69, 9.17) is 9.41 Å². The first-order valence-corrected chi connectivity index (χ1v) is 9.00. The van der Waals surface area contributed by atoms with Crippen LogP contribution in [0.2, 0.25) is 0 Å². The fourth-order valence-electron chi connectivity index (χ4n) is 3.14. The number of furan rings is 1. The lowest BCUT2D eigenvalue weighted by Gasteiger charge is -2.22. The second-order valence-electron chi connectivity index (χ2n) is 6.62. The number of nitrogens with one attached hydrogen (secondary N) is 1. The fourth-order valence-corrected chi connectivity index (χ4v) is 3.14. The Kier molecular flexibility index (Phi) is 6.12. The molecule has 0 saturated carbocycles. The topological polar surface area (TPSA) is 61.0 Å². The van der Waals surface area contributed by atoms with Gasteiger partial charge in [0.1, 0.15) is 5.76 Å². The van der Waals surface area contributed by atoms with Crippen molar-refractivity contribution in [2.24, 2.45) is 10.9 Å². The van der Waals surface area contributed by atoms with Crippen LogP contribution in [-0.4, -0.2) is 41.7 Å². The van der Waals surface area contributed by atoms with E-state index in [1.807, 2.05) is 37.3 Å². The Morgan fingerprint density at radius 2 is 2.16 bits per heavy atom. The van der Waals surface area contributed by atoms with Crippen LogP contribution in [0.4, 0.5) is 0 Å². The largest absolute Gasteiger partial charge is 0.469 e. The normalized spacial score (nSPS) is 19.2. The van der Waals surface area contributed by atoms with Crippen LogP contribution in [0.15, 0.2) is 58.1 Å². The first kappa shape index (κ1) is 17.5. The Bertz CT molecular complexity index is 653. The molecule has 2 atom stereocenters. The van der Waals surface area contributed by atoms with Crippen LogP contribution in [0.25, 0.3) is 0 Å². The van der Waals surface area contributed by atoms with Crippen LogP contribution in [0.3, 0.4) is 0 Å². The highest BCUT2D eigenvalue weighted by atomic mass is 16.3. The van der Waals surface area contributed by atoms with E-state index in [1.165, 1.54) is 5.56 Å². The summed E-state index contributed by atoms with van der Waals surface area (Å²) in [4.78, 5) is 7.06. The molecule has 1 aliphatic heterocycles. The molecule has 0 aliphatic carbocycles. The zero-order valence-electron chi connectivity index (χ0n) is 14.8. The van der Waals surface area contributed by atoms with Crippen LogP contribution in [-0.2, 0) is 13.0 Å². The molecule has 0 radical (unpaired) electrons. The summed E-state index contributed by atoms with van der Waals surface area (Å²) in [5.41, 5.74) is 1.19. The van der Waals surface area contributed by atoms with Gasteiger partial charge in [0.15, 0.2) is 5.96 Å².